The number of rotatable bonds is 4. The van der Waals surface area contributed by atoms with Crippen LogP contribution in [0.3, 0.4) is 0 Å². The van der Waals surface area contributed by atoms with E-state index in [2.05, 4.69) is 15.4 Å². The number of urea groups is 1. The molecule has 0 radical (unpaired) electrons. The monoisotopic (exact) mass is 411 g/mol. The summed E-state index contributed by atoms with van der Waals surface area (Å²) < 4.78 is 15.7. The molecule has 3 amide bonds. The summed E-state index contributed by atoms with van der Waals surface area (Å²) in [5.41, 5.74) is 1.61. The van der Waals surface area contributed by atoms with Gasteiger partial charge in [-0.2, -0.15) is 0 Å². The lowest BCUT2D eigenvalue weighted by molar-refractivity contribution is -0.117. The molecule has 4 rings (SSSR count). The first kappa shape index (κ1) is 19.6. The Bertz CT molecular complexity index is 975. The smallest absolute Gasteiger partial charge is 0.337 e. The van der Waals surface area contributed by atoms with Crippen molar-refractivity contribution in [3.63, 3.8) is 0 Å². The third-order valence-electron chi connectivity index (χ3n) is 4.86. The Morgan fingerprint density at radius 1 is 1.07 bits per heavy atom. The van der Waals surface area contributed by atoms with Crippen LogP contribution in [0.1, 0.15) is 16.8 Å². The van der Waals surface area contributed by atoms with Gasteiger partial charge >= 0.3 is 12.0 Å². The number of methoxy groups -OCH3 is 1. The van der Waals surface area contributed by atoms with Crippen molar-refractivity contribution < 1.29 is 28.6 Å². The Kier molecular flexibility index (Phi) is 5.42. The first-order valence-corrected chi connectivity index (χ1v) is 9.49. The Hall–Kier alpha value is -3.75. The van der Waals surface area contributed by atoms with E-state index in [1.165, 1.54) is 7.11 Å². The molecule has 2 aliphatic heterocycles. The highest BCUT2D eigenvalue weighted by molar-refractivity contribution is 5.98. The summed E-state index contributed by atoms with van der Waals surface area (Å²) in [5, 5.41) is 5.50. The van der Waals surface area contributed by atoms with Crippen LogP contribution in [0.25, 0.3) is 0 Å². The molecule has 0 saturated carbocycles. The van der Waals surface area contributed by atoms with E-state index in [4.69, 9.17) is 9.47 Å². The number of hydrogen-bond acceptors (Lipinski definition) is 6. The number of anilines is 2. The van der Waals surface area contributed by atoms with Crippen LogP contribution < -0.4 is 25.0 Å². The number of esters is 1. The molecule has 9 nitrogen and oxygen atoms in total. The molecular formula is C21H21N3O6. The number of carbonyl (C=O) groups is 3. The lowest BCUT2D eigenvalue weighted by Gasteiger charge is -2.22. The van der Waals surface area contributed by atoms with E-state index in [1.54, 1.807) is 47.4 Å². The lowest BCUT2D eigenvalue weighted by Crippen LogP contribution is -2.39. The molecule has 2 N–H and O–H groups in total. The summed E-state index contributed by atoms with van der Waals surface area (Å²) in [6.45, 7) is 1.32. The number of nitrogens with zero attached hydrogens (tertiary/aromatic N) is 1. The zero-order valence-electron chi connectivity index (χ0n) is 16.3. The number of hydrogen-bond donors (Lipinski definition) is 2. The van der Waals surface area contributed by atoms with E-state index in [9.17, 15) is 14.4 Å². The quantitative estimate of drug-likeness (QED) is 0.747. The number of ether oxygens (including phenoxy) is 3. The van der Waals surface area contributed by atoms with Crippen LogP contribution in [0.5, 0.6) is 11.5 Å². The molecule has 156 valence electrons. The van der Waals surface area contributed by atoms with Gasteiger partial charge in [-0.15, -0.1) is 0 Å². The van der Waals surface area contributed by atoms with Crippen LogP contribution >= 0.6 is 0 Å². The molecule has 0 aromatic heterocycles. The Balaban J connectivity index is 1.35. The van der Waals surface area contributed by atoms with Crippen molar-refractivity contribution in [2.75, 3.05) is 37.1 Å². The maximum atomic E-state index is 12.5. The van der Waals surface area contributed by atoms with Crippen molar-refractivity contribution in [2.45, 2.75) is 12.5 Å². The molecular weight excluding hydrogens is 390 g/mol. The SMILES string of the molecule is COC(=O)c1ccc(NC(=O)N[C@H]2CC(=O)N(c3ccc4c(c3)OCCO4)C2)cc1. The molecule has 2 aromatic carbocycles. The summed E-state index contributed by atoms with van der Waals surface area (Å²) in [6.07, 6.45) is 0.198. The predicted octanol–water partition coefficient (Wildman–Crippen LogP) is 2.17. The second-order valence-corrected chi connectivity index (χ2v) is 6.90. The number of fused-ring (bicyclic) bond motifs is 1. The summed E-state index contributed by atoms with van der Waals surface area (Å²) in [5.74, 6) is 0.731. The van der Waals surface area contributed by atoms with Gasteiger partial charge in [-0.25, -0.2) is 9.59 Å². The van der Waals surface area contributed by atoms with Crippen molar-refractivity contribution in [3.8, 4) is 11.5 Å². The van der Waals surface area contributed by atoms with E-state index in [0.717, 1.165) is 0 Å². The van der Waals surface area contributed by atoms with Crippen molar-refractivity contribution >= 4 is 29.3 Å². The Morgan fingerprint density at radius 3 is 2.53 bits per heavy atom. The molecule has 30 heavy (non-hydrogen) atoms. The van der Waals surface area contributed by atoms with Crippen LogP contribution in [0, 0.1) is 0 Å². The van der Waals surface area contributed by atoms with Crippen LogP contribution in [-0.2, 0) is 9.53 Å². The van der Waals surface area contributed by atoms with E-state index in [-0.39, 0.29) is 18.4 Å². The van der Waals surface area contributed by atoms with Gasteiger partial charge in [0.05, 0.1) is 18.7 Å². The summed E-state index contributed by atoms with van der Waals surface area (Å²) in [7, 11) is 1.30. The second kappa shape index (κ2) is 8.32. The van der Waals surface area contributed by atoms with Gasteiger partial charge < -0.3 is 29.7 Å². The number of carbonyl (C=O) groups excluding carboxylic acids is 3. The molecule has 2 aliphatic rings. The fourth-order valence-electron chi connectivity index (χ4n) is 3.41. The van der Waals surface area contributed by atoms with Gasteiger partial charge in [0.2, 0.25) is 5.91 Å². The van der Waals surface area contributed by atoms with Gasteiger partial charge in [0.25, 0.3) is 0 Å². The van der Waals surface area contributed by atoms with Crippen LogP contribution in [0.4, 0.5) is 16.2 Å². The van der Waals surface area contributed by atoms with E-state index in [0.29, 0.717) is 48.2 Å². The minimum absolute atomic E-state index is 0.0839. The normalized spacial score (nSPS) is 17.4. The largest absolute Gasteiger partial charge is 0.486 e. The van der Waals surface area contributed by atoms with Gasteiger partial charge in [0.15, 0.2) is 11.5 Å². The summed E-state index contributed by atoms with van der Waals surface area (Å²) in [4.78, 5) is 37.8. The van der Waals surface area contributed by atoms with Crippen molar-refractivity contribution in [2.24, 2.45) is 0 Å². The molecule has 2 aromatic rings. The average molecular weight is 411 g/mol. The summed E-state index contributed by atoms with van der Waals surface area (Å²) in [6, 6.07) is 10.9. The van der Waals surface area contributed by atoms with Crippen molar-refractivity contribution in [1.82, 2.24) is 5.32 Å². The topological polar surface area (TPSA) is 106 Å². The fraction of sp³-hybridized carbons (Fsp3) is 0.286. The first-order valence-electron chi connectivity index (χ1n) is 9.49. The van der Waals surface area contributed by atoms with Crippen LogP contribution in [-0.4, -0.2) is 50.8 Å². The second-order valence-electron chi connectivity index (χ2n) is 6.90. The summed E-state index contributed by atoms with van der Waals surface area (Å²) >= 11 is 0. The molecule has 1 atom stereocenters. The van der Waals surface area contributed by atoms with Gasteiger partial charge in [-0.3, -0.25) is 4.79 Å². The molecule has 2 heterocycles. The van der Waals surface area contributed by atoms with Gasteiger partial charge in [-0.05, 0) is 36.4 Å². The third-order valence-corrected chi connectivity index (χ3v) is 4.86. The zero-order chi connectivity index (χ0) is 21.1. The number of benzene rings is 2. The van der Waals surface area contributed by atoms with Crippen molar-refractivity contribution in [3.05, 3.63) is 48.0 Å². The minimum atomic E-state index is -0.449. The standard InChI is InChI=1S/C21H21N3O6/c1-28-20(26)13-2-4-14(5-3-13)22-21(27)23-15-10-19(25)24(12-15)16-6-7-17-18(11-16)30-9-8-29-17/h2-7,11,15H,8-10,12H2,1H3,(H2,22,23,27)/t15-/m0/s1. The minimum Gasteiger partial charge on any atom is -0.486 e. The molecule has 9 heteroatoms. The molecule has 0 aliphatic carbocycles. The zero-order valence-corrected chi connectivity index (χ0v) is 16.3. The maximum absolute atomic E-state index is 12.5. The lowest BCUT2D eigenvalue weighted by atomic mass is 10.2. The van der Waals surface area contributed by atoms with E-state index < -0.39 is 12.0 Å². The highest BCUT2D eigenvalue weighted by atomic mass is 16.6. The molecule has 1 saturated heterocycles. The molecule has 0 bridgehead atoms. The van der Waals surface area contributed by atoms with Crippen molar-refractivity contribution in [1.29, 1.82) is 0 Å². The first-order chi connectivity index (χ1) is 14.5. The fourth-order valence-corrected chi connectivity index (χ4v) is 3.41. The van der Waals surface area contributed by atoms with Gasteiger partial charge in [0, 0.05) is 30.4 Å². The number of nitrogens with one attached hydrogen (secondary N) is 2. The average Bonchev–Trinajstić information content (AvgIpc) is 3.13. The van der Waals surface area contributed by atoms with Gasteiger partial charge in [-0.1, -0.05) is 0 Å². The maximum Gasteiger partial charge on any atom is 0.337 e. The number of amides is 3. The highest BCUT2D eigenvalue weighted by Crippen LogP contribution is 2.35. The van der Waals surface area contributed by atoms with Gasteiger partial charge in [0.1, 0.15) is 13.2 Å². The van der Waals surface area contributed by atoms with E-state index in [1.807, 2.05) is 0 Å². The van der Waals surface area contributed by atoms with E-state index >= 15 is 0 Å². The predicted molar refractivity (Wildman–Crippen MR) is 108 cm³/mol. The highest BCUT2D eigenvalue weighted by Gasteiger charge is 2.32. The Labute approximate surface area is 172 Å². The molecule has 1 fully saturated rings. The third kappa shape index (κ3) is 4.14. The molecule has 0 spiro atoms. The van der Waals surface area contributed by atoms with Crippen LogP contribution in [0.2, 0.25) is 0 Å². The molecule has 0 unspecified atom stereocenters. The van der Waals surface area contributed by atoms with Crippen LogP contribution in [0.15, 0.2) is 42.5 Å². The Morgan fingerprint density at radius 2 is 1.80 bits per heavy atom.